The van der Waals surface area contributed by atoms with Gasteiger partial charge in [0, 0.05) is 23.6 Å². The summed E-state index contributed by atoms with van der Waals surface area (Å²) in [5, 5.41) is 2.74. The highest BCUT2D eigenvalue weighted by molar-refractivity contribution is 6.03. The maximum Gasteiger partial charge on any atom is 0.274 e. The number of amides is 1. The van der Waals surface area contributed by atoms with Crippen molar-refractivity contribution in [3.05, 3.63) is 77.4 Å². The van der Waals surface area contributed by atoms with Gasteiger partial charge in [-0.2, -0.15) is 0 Å². The Bertz CT molecular complexity index is 972. The molecule has 1 aromatic heterocycles. The molecule has 0 fully saturated rings. The smallest absolute Gasteiger partial charge is 0.274 e. The molecule has 6 heteroatoms. The van der Waals surface area contributed by atoms with Gasteiger partial charge in [0.1, 0.15) is 11.5 Å². The minimum atomic E-state index is -0.351. The molecular weight excluding hydrogens is 331 g/mol. The summed E-state index contributed by atoms with van der Waals surface area (Å²) < 4.78 is 13.0. The fourth-order valence-corrected chi connectivity index (χ4v) is 3.06. The van der Waals surface area contributed by atoms with Crippen LogP contribution in [0.25, 0.3) is 0 Å². The van der Waals surface area contributed by atoms with Crippen molar-refractivity contribution in [1.29, 1.82) is 0 Å². The lowest BCUT2D eigenvalue weighted by molar-refractivity contribution is 0.102. The largest absolute Gasteiger partial charge is 0.321 e. The number of rotatable bonds is 3. The number of aryl methyl sites for hydroxylation is 1. The third kappa shape index (κ3) is 3.13. The Hall–Kier alpha value is -3.28. The van der Waals surface area contributed by atoms with Crippen molar-refractivity contribution in [2.75, 3.05) is 16.8 Å². The predicted octanol–water partition coefficient (Wildman–Crippen LogP) is 3.87. The van der Waals surface area contributed by atoms with Crippen LogP contribution in [0.2, 0.25) is 0 Å². The topological polar surface area (TPSA) is 58.1 Å². The van der Waals surface area contributed by atoms with Crippen LogP contribution in [0.5, 0.6) is 0 Å². The lowest BCUT2D eigenvalue weighted by Crippen LogP contribution is -2.20. The summed E-state index contributed by atoms with van der Waals surface area (Å²) >= 11 is 0. The summed E-state index contributed by atoms with van der Waals surface area (Å²) in [5.41, 5.74) is 3.82. The molecule has 0 aliphatic carbocycles. The number of carbonyl (C=O) groups is 1. The average Bonchev–Trinajstić information content (AvgIpc) is 3.07. The molecule has 1 N–H and O–H groups in total. The molecule has 2 aromatic carbocycles. The van der Waals surface area contributed by atoms with Crippen molar-refractivity contribution in [1.82, 2.24) is 9.97 Å². The molecule has 0 bridgehead atoms. The molecule has 0 saturated carbocycles. The number of nitrogens with zero attached hydrogens (tertiary/aromatic N) is 3. The molecule has 1 amide bonds. The molecule has 1 aliphatic rings. The Morgan fingerprint density at radius 2 is 1.88 bits per heavy atom. The van der Waals surface area contributed by atoms with Gasteiger partial charge in [-0.15, -0.1) is 0 Å². The van der Waals surface area contributed by atoms with E-state index in [1.54, 1.807) is 6.07 Å². The van der Waals surface area contributed by atoms with Crippen LogP contribution in [0.1, 0.15) is 21.7 Å². The maximum atomic E-state index is 13.0. The molecular formula is C20H17FN4O. The van der Waals surface area contributed by atoms with E-state index in [0.717, 1.165) is 18.7 Å². The van der Waals surface area contributed by atoms with E-state index in [2.05, 4.69) is 21.4 Å². The van der Waals surface area contributed by atoms with Gasteiger partial charge in [0.2, 0.25) is 5.95 Å². The zero-order valence-electron chi connectivity index (χ0n) is 14.2. The third-order valence-corrected chi connectivity index (χ3v) is 4.31. The van der Waals surface area contributed by atoms with Gasteiger partial charge >= 0.3 is 0 Å². The first-order chi connectivity index (χ1) is 12.6. The van der Waals surface area contributed by atoms with Crippen LogP contribution in [-0.2, 0) is 6.42 Å². The van der Waals surface area contributed by atoms with Crippen molar-refractivity contribution >= 4 is 23.2 Å². The molecule has 3 aromatic rings. The second-order valence-corrected chi connectivity index (χ2v) is 6.19. The van der Waals surface area contributed by atoms with Crippen molar-refractivity contribution < 1.29 is 9.18 Å². The van der Waals surface area contributed by atoms with Crippen molar-refractivity contribution in [3.8, 4) is 0 Å². The monoisotopic (exact) mass is 348 g/mol. The Labute approximate surface area is 150 Å². The van der Waals surface area contributed by atoms with Crippen LogP contribution < -0.4 is 10.2 Å². The van der Waals surface area contributed by atoms with E-state index < -0.39 is 0 Å². The molecule has 0 atom stereocenters. The number of halogens is 1. The van der Waals surface area contributed by atoms with Crippen LogP contribution in [0.4, 0.5) is 21.7 Å². The fourth-order valence-electron chi connectivity index (χ4n) is 3.06. The predicted molar refractivity (Wildman–Crippen MR) is 98.3 cm³/mol. The molecule has 0 saturated heterocycles. The van der Waals surface area contributed by atoms with E-state index in [1.165, 1.54) is 29.8 Å². The molecule has 4 rings (SSSR count). The summed E-state index contributed by atoms with van der Waals surface area (Å²) in [5.74, 6) is -0.189. The minimum Gasteiger partial charge on any atom is -0.321 e. The summed E-state index contributed by atoms with van der Waals surface area (Å²) in [6.45, 7) is 2.61. The number of para-hydroxylation sites is 1. The number of carbonyl (C=O) groups excluding carboxylic acids is 1. The zero-order valence-corrected chi connectivity index (χ0v) is 14.2. The summed E-state index contributed by atoms with van der Waals surface area (Å²) in [7, 11) is 0. The molecule has 130 valence electrons. The van der Waals surface area contributed by atoms with Crippen LogP contribution in [0.3, 0.4) is 0 Å². The van der Waals surface area contributed by atoms with Crippen molar-refractivity contribution in [2.24, 2.45) is 0 Å². The number of nitrogens with one attached hydrogen (secondary N) is 1. The van der Waals surface area contributed by atoms with Gasteiger partial charge in [-0.25, -0.2) is 14.4 Å². The van der Waals surface area contributed by atoms with Gasteiger partial charge in [-0.1, -0.05) is 18.2 Å². The van der Waals surface area contributed by atoms with E-state index in [-0.39, 0.29) is 17.4 Å². The number of hydrogen-bond donors (Lipinski definition) is 1. The quantitative estimate of drug-likeness (QED) is 0.781. The van der Waals surface area contributed by atoms with Crippen LogP contribution in [-0.4, -0.2) is 22.4 Å². The second-order valence-electron chi connectivity index (χ2n) is 6.19. The normalized spacial score (nSPS) is 12.8. The van der Waals surface area contributed by atoms with Crippen LogP contribution >= 0.6 is 0 Å². The highest BCUT2D eigenvalue weighted by atomic mass is 19.1. The van der Waals surface area contributed by atoms with Gasteiger partial charge in [-0.05, 0) is 55.3 Å². The molecule has 0 unspecified atom stereocenters. The molecule has 0 spiro atoms. The van der Waals surface area contributed by atoms with Gasteiger partial charge < -0.3 is 10.2 Å². The Morgan fingerprint density at radius 3 is 2.69 bits per heavy atom. The number of anilines is 3. The van der Waals surface area contributed by atoms with E-state index in [1.807, 2.05) is 30.0 Å². The highest BCUT2D eigenvalue weighted by Crippen LogP contribution is 2.32. The summed E-state index contributed by atoms with van der Waals surface area (Å²) in [6, 6.07) is 15.4. The number of fused-ring (bicyclic) bond motifs is 1. The van der Waals surface area contributed by atoms with Gasteiger partial charge in [0.15, 0.2) is 0 Å². The summed E-state index contributed by atoms with van der Waals surface area (Å²) in [6.07, 6.45) is 0.921. The third-order valence-electron chi connectivity index (χ3n) is 4.31. The maximum absolute atomic E-state index is 13.0. The first-order valence-corrected chi connectivity index (χ1v) is 8.38. The van der Waals surface area contributed by atoms with Gasteiger partial charge in [0.25, 0.3) is 5.91 Å². The SMILES string of the molecule is Cc1cc(C(=O)Nc2ccc(F)cc2)nc(N2CCc3ccccc32)n1. The number of benzene rings is 2. The van der Waals surface area contributed by atoms with E-state index >= 15 is 0 Å². The first kappa shape index (κ1) is 16.2. The van der Waals surface area contributed by atoms with E-state index in [0.29, 0.717) is 17.3 Å². The second kappa shape index (κ2) is 6.55. The number of hydrogen-bond acceptors (Lipinski definition) is 4. The highest BCUT2D eigenvalue weighted by Gasteiger charge is 2.23. The summed E-state index contributed by atoms with van der Waals surface area (Å²) in [4.78, 5) is 23.5. The molecule has 2 heterocycles. The lowest BCUT2D eigenvalue weighted by atomic mass is 10.2. The minimum absolute atomic E-state index is 0.279. The van der Waals surface area contributed by atoms with E-state index in [4.69, 9.17) is 0 Å². The van der Waals surface area contributed by atoms with Gasteiger partial charge in [-0.3, -0.25) is 4.79 Å². The van der Waals surface area contributed by atoms with Crippen molar-refractivity contribution in [3.63, 3.8) is 0 Å². The lowest BCUT2D eigenvalue weighted by Gasteiger charge is -2.18. The molecule has 1 aliphatic heterocycles. The average molecular weight is 348 g/mol. The first-order valence-electron chi connectivity index (χ1n) is 8.38. The fraction of sp³-hybridized carbons (Fsp3) is 0.150. The van der Waals surface area contributed by atoms with Crippen molar-refractivity contribution in [2.45, 2.75) is 13.3 Å². The van der Waals surface area contributed by atoms with Crippen LogP contribution in [0, 0.1) is 12.7 Å². The standard InChI is InChI=1S/C20H17FN4O/c1-13-12-17(19(26)23-16-8-6-15(21)7-9-16)24-20(22-13)25-11-10-14-4-2-3-5-18(14)25/h2-9,12H,10-11H2,1H3,(H,23,26). The molecule has 26 heavy (non-hydrogen) atoms. The van der Waals surface area contributed by atoms with Gasteiger partial charge in [0.05, 0.1) is 0 Å². The number of aromatic nitrogens is 2. The Balaban J connectivity index is 1.62. The Kier molecular flexibility index (Phi) is 4.08. The van der Waals surface area contributed by atoms with Crippen LogP contribution in [0.15, 0.2) is 54.6 Å². The zero-order chi connectivity index (χ0) is 18.1. The Morgan fingerprint density at radius 1 is 1.12 bits per heavy atom. The van der Waals surface area contributed by atoms with E-state index in [9.17, 15) is 9.18 Å². The molecule has 0 radical (unpaired) electrons. The molecule has 5 nitrogen and oxygen atoms in total.